The number of carbonyl (C=O) groups excluding carboxylic acids is 1. The Balaban J connectivity index is 2.64. The van der Waals surface area contributed by atoms with Gasteiger partial charge in [0.2, 0.25) is 0 Å². The molecule has 1 atom stereocenters. The molecule has 1 rings (SSSR count). The van der Waals surface area contributed by atoms with Gasteiger partial charge >= 0.3 is 0 Å². The van der Waals surface area contributed by atoms with Crippen molar-refractivity contribution in [2.45, 2.75) is 39.4 Å². The van der Waals surface area contributed by atoms with E-state index in [1.807, 2.05) is 37.3 Å². The lowest BCUT2D eigenvalue weighted by molar-refractivity contribution is -0.140. The van der Waals surface area contributed by atoms with Crippen LogP contribution < -0.4 is 4.74 Å². The summed E-state index contributed by atoms with van der Waals surface area (Å²) in [5.74, 6) is 0.552. The van der Waals surface area contributed by atoms with E-state index in [-0.39, 0.29) is 5.91 Å². The van der Waals surface area contributed by atoms with Gasteiger partial charge in [-0.3, -0.25) is 4.79 Å². The summed E-state index contributed by atoms with van der Waals surface area (Å²) in [5.41, 5.74) is -0.905. The van der Waals surface area contributed by atoms with Crippen LogP contribution in [0.5, 0.6) is 5.75 Å². The molecule has 0 aliphatic heterocycles. The molecule has 4 heteroatoms. The van der Waals surface area contributed by atoms with Crippen LogP contribution in [0.3, 0.4) is 0 Å². The number of likely N-dealkylation sites (N-methyl/N-ethyl adjacent to an activating group) is 1. The molecule has 0 bridgehead atoms. The third kappa shape index (κ3) is 5.30. The van der Waals surface area contributed by atoms with Crippen LogP contribution in [0.15, 0.2) is 30.3 Å². The Labute approximate surface area is 115 Å². The number of hydrogen-bond acceptors (Lipinski definition) is 3. The molecule has 1 amide bonds. The summed E-state index contributed by atoms with van der Waals surface area (Å²) in [6.45, 7) is 7.83. The summed E-state index contributed by atoms with van der Waals surface area (Å²) >= 11 is 0. The smallest absolute Gasteiger partial charge is 0.263 e. The Morgan fingerprint density at radius 2 is 1.95 bits per heavy atom. The minimum Gasteiger partial charge on any atom is -0.481 e. The van der Waals surface area contributed by atoms with Crippen LogP contribution in [0.2, 0.25) is 0 Å². The number of hydrogen-bond donors (Lipinski definition) is 1. The molecular formula is C15H23NO3. The third-order valence-corrected chi connectivity index (χ3v) is 2.68. The Hall–Kier alpha value is -1.55. The molecule has 1 unspecified atom stereocenters. The maximum atomic E-state index is 12.2. The lowest BCUT2D eigenvalue weighted by atomic mass is 10.1. The minimum absolute atomic E-state index is 0.117. The number of ether oxygens (including phenoxy) is 1. The first-order chi connectivity index (χ1) is 8.83. The normalized spacial score (nSPS) is 12.9. The van der Waals surface area contributed by atoms with Crippen molar-refractivity contribution in [3.63, 3.8) is 0 Å². The highest BCUT2D eigenvalue weighted by Gasteiger charge is 2.25. The molecule has 0 heterocycles. The van der Waals surface area contributed by atoms with E-state index in [9.17, 15) is 9.90 Å². The maximum absolute atomic E-state index is 12.2. The molecule has 0 spiro atoms. The van der Waals surface area contributed by atoms with Gasteiger partial charge < -0.3 is 14.7 Å². The lowest BCUT2D eigenvalue weighted by Gasteiger charge is -2.30. The molecule has 0 aliphatic carbocycles. The number of para-hydroxylation sites is 1. The molecule has 106 valence electrons. The molecule has 1 N–H and O–H groups in total. The van der Waals surface area contributed by atoms with Gasteiger partial charge in [-0.1, -0.05) is 18.2 Å². The Morgan fingerprint density at radius 3 is 2.42 bits per heavy atom. The van der Waals surface area contributed by atoms with Crippen molar-refractivity contribution in [2.75, 3.05) is 13.1 Å². The van der Waals surface area contributed by atoms with Crippen molar-refractivity contribution in [3.05, 3.63) is 30.3 Å². The molecule has 4 nitrogen and oxygen atoms in total. The van der Waals surface area contributed by atoms with Crippen molar-refractivity contribution < 1.29 is 14.6 Å². The van der Waals surface area contributed by atoms with Gasteiger partial charge in [0.15, 0.2) is 6.10 Å². The number of nitrogens with zero attached hydrogens (tertiary/aromatic N) is 1. The number of aliphatic hydroxyl groups is 1. The molecule has 0 saturated heterocycles. The number of rotatable bonds is 6. The second-order valence-corrected chi connectivity index (χ2v) is 5.24. The largest absolute Gasteiger partial charge is 0.481 e. The Morgan fingerprint density at radius 1 is 1.37 bits per heavy atom. The predicted molar refractivity (Wildman–Crippen MR) is 75.1 cm³/mol. The molecule has 1 aromatic carbocycles. The van der Waals surface area contributed by atoms with Crippen molar-refractivity contribution in [1.29, 1.82) is 0 Å². The van der Waals surface area contributed by atoms with Gasteiger partial charge in [0.05, 0.1) is 5.60 Å². The monoisotopic (exact) mass is 265 g/mol. The van der Waals surface area contributed by atoms with Crippen LogP contribution >= 0.6 is 0 Å². The fraction of sp³-hybridized carbons (Fsp3) is 0.533. The number of carbonyl (C=O) groups is 1. The van der Waals surface area contributed by atoms with Crippen LogP contribution in [0, 0.1) is 0 Å². The molecule has 1 aromatic rings. The predicted octanol–water partition coefficient (Wildman–Crippen LogP) is 2.07. The zero-order chi connectivity index (χ0) is 14.5. The maximum Gasteiger partial charge on any atom is 0.263 e. The molecule has 0 saturated carbocycles. The van der Waals surface area contributed by atoms with E-state index in [1.54, 1.807) is 25.7 Å². The first kappa shape index (κ1) is 15.5. The van der Waals surface area contributed by atoms with Crippen molar-refractivity contribution in [2.24, 2.45) is 0 Å². The van der Waals surface area contributed by atoms with E-state index in [2.05, 4.69) is 0 Å². The van der Waals surface area contributed by atoms with Gasteiger partial charge in [-0.15, -0.1) is 0 Å². The van der Waals surface area contributed by atoms with E-state index in [0.717, 1.165) is 0 Å². The highest BCUT2D eigenvalue weighted by Crippen LogP contribution is 2.13. The van der Waals surface area contributed by atoms with Gasteiger partial charge in [0.1, 0.15) is 5.75 Å². The van der Waals surface area contributed by atoms with Crippen molar-refractivity contribution >= 4 is 5.91 Å². The summed E-state index contributed by atoms with van der Waals surface area (Å²) in [6, 6.07) is 9.25. The van der Waals surface area contributed by atoms with E-state index >= 15 is 0 Å². The molecule has 0 fully saturated rings. The van der Waals surface area contributed by atoms with Gasteiger partial charge in [0.25, 0.3) is 5.91 Å². The molecule has 0 radical (unpaired) electrons. The summed E-state index contributed by atoms with van der Waals surface area (Å²) in [5, 5.41) is 9.80. The lowest BCUT2D eigenvalue weighted by Crippen LogP contribution is -2.47. The fourth-order valence-electron chi connectivity index (χ4n) is 1.82. The highest BCUT2D eigenvalue weighted by atomic mass is 16.5. The van der Waals surface area contributed by atoms with Crippen LogP contribution in [0.4, 0.5) is 0 Å². The second-order valence-electron chi connectivity index (χ2n) is 5.24. The number of amides is 1. The summed E-state index contributed by atoms with van der Waals surface area (Å²) in [6.07, 6.45) is -0.565. The summed E-state index contributed by atoms with van der Waals surface area (Å²) in [7, 11) is 0. The van der Waals surface area contributed by atoms with Crippen LogP contribution in [-0.4, -0.2) is 40.7 Å². The SMILES string of the molecule is CCN(CC(C)(C)O)C(=O)C(C)Oc1ccccc1. The topological polar surface area (TPSA) is 49.8 Å². The van der Waals surface area contributed by atoms with E-state index in [4.69, 9.17) is 4.74 Å². The summed E-state index contributed by atoms with van der Waals surface area (Å²) in [4.78, 5) is 13.9. The number of benzene rings is 1. The zero-order valence-corrected chi connectivity index (χ0v) is 12.1. The molecule has 0 aromatic heterocycles. The standard InChI is InChI=1S/C15H23NO3/c1-5-16(11-15(3,4)18)14(17)12(2)19-13-9-7-6-8-10-13/h6-10,12,18H,5,11H2,1-4H3. The Kier molecular flexibility index (Phi) is 5.36. The van der Waals surface area contributed by atoms with Crippen molar-refractivity contribution in [1.82, 2.24) is 4.90 Å². The van der Waals surface area contributed by atoms with E-state index < -0.39 is 11.7 Å². The van der Waals surface area contributed by atoms with E-state index in [0.29, 0.717) is 18.8 Å². The van der Waals surface area contributed by atoms with E-state index in [1.165, 1.54) is 0 Å². The molecule has 19 heavy (non-hydrogen) atoms. The van der Waals surface area contributed by atoms with Gasteiger partial charge in [-0.25, -0.2) is 0 Å². The minimum atomic E-state index is -0.905. The van der Waals surface area contributed by atoms with Crippen LogP contribution in [0.25, 0.3) is 0 Å². The van der Waals surface area contributed by atoms with Crippen LogP contribution in [0.1, 0.15) is 27.7 Å². The highest BCUT2D eigenvalue weighted by molar-refractivity contribution is 5.81. The van der Waals surface area contributed by atoms with Gasteiger partial charge in [0, 0.05) is 13.1 Å². The summed E-state index contributed by atoms with van der Waals surface area (Å²) < 4.78 is 5.60. The Bertz CT molecular complexity index is 398. The van der Waals surface area contributed by atoms with Crippen molar-refractivity contribution in [3.8, 4) is 5.75 Å². The zero-order valence-electron chi connectivity index (χ0n) is 12.1. The molecule has 0 aliphatic rings. The first-order valence-corrected chi connectivity index (χ1v) is 6.56. The third-order valence-electron chi connectivity index (χ3n) is 2.68. The quantitative estimate of drug-likeness (QED) is 0.856. The average molecular weight is 265 g/mol. The molecular weight excluding hydrogens is 242 g/mol. The van der Waals surface area contributed by atoms with Gasteiger partial charge in [-0.05, 0) is 39.8 Å². The second kappa shape index (κ2) is 6.57. The van der Waals surface area contributed by atoms with Gasteiger partial charge in [-0.2, -0.15) is 0 Å². The fourth-order valence-corrected chi connectivity index (χ4v) is 1.82. The average Bonchev–Trinajstić information content (AvgIpc) is 2.35. The first-order valence-electron chi connectivity index (χ1n) is 6.56. The van der Waals surface area contributed by atoms with Crippen LogP contribution in [-0.2, 0) is 4.79 Å².